The van der Waals surface area contributed by atoms with Crippen molar-refractivity contribution in [2.24, 2.45) is 11.5 Å². The Balaban J connectivity index is 4.28. The van der Waals surface area contributed by atoms with E-state index in [1.54, 1.807) is 0 Å². The monoisotopic (exact) mass is 142 g/mol. The highest BCUT2D eigenvalue weighted by Crippen LogP contribution is 2.05. The summed E-state index contributed by atoms with van der Waals surface area (Å²) < 4.78 is 0. The first-order chi connectivity index (χ1) is 4.59. The maximum atomic E-state index is 10.6. The van der Waals surface area contributed by atoms with Crippen molar-refractivity contribution in [3.63, 3.8) is 0 Å². The lowest BCUT2D eigenvalue weighted by atomic mass is 10.1. The van der Waals surface area contributed by atoms with E-state index >= 15 is 0 Å². The van der Waals surface area contributed by atoms with Crippen LogP contribution in [-0.4, -0.2) is 12.5 Å². The van der Waals surface area contributed by atoms with E-state index in [1.807, 2.05) is 13.8 Å². The molecular weight excluding hydrogens is 128 g/mol. The molecule has 0 unspecified atom stereocenters. The number of amides is 1. The van der Waals surface area contributed by atoms with Crippen molar-refractivity contribution in [2.45, 2.75) is 20.3 Å². The minimum absolute atomic E-state index is 0.356. The van der Waals surface area contributed by atoms with Crippen molar-refractivity contribution in [3.8, 4) is 0 Å². The zero-order chi connectivity index (χ0) is 8.15. The molecule has 0 bridgehead atoms. The molecule has 0 aromatic carbocycles. The Morgan fingerprint density at radius 2 is 1.90 bits per heavy atom. The number of allylic oxidation sites excluding steroid dienone is 1. The number of hydrogen-bond acceptors (Lipinski definition) is 2. The molecule has 3 heteroatoms. The molecule has 0 saturated heterocycles. The minimum Gasteiger partial charge on any atom is -0.366 e. The van der Waals surface area contributed by atoms with Gasteiger partial charge in [-0.1, -0.05) is 5.57 Å². The summed E-state index contributed by atoms with van der Waals surface area (Å²) >= 11 is 0. The summed E-state index contributed by atoms with van der Waals surface area (Å²) in [5, 5.41) is 0. The lowest BCUT2D eigenvalue weighted by molar-refractivity contribution is -0.114. The maximum Gasteiger partial charge on any atom is 0.244 e. The van der Waals surface area contributed by atoms with Gasteiger partial charge in [0.15, 0.2) is 0 Å². The molecule has 0 aliphatic heterocycles. The summed E-state index contributed by atoms with van der Waals surface area (Å²) in [4.78, 5) is 10.6. The minimum atomic E-state index is -0.356. The second-order valence-electron chi connectivity index (χ2n) is 2.38. The molecule has 0 saturated carbocycles. The standard InChI is InChI=1S/C7H14N2O/c1-5(2)6(3-4-8)7(9)10/h3-4,8H2,1-2H3,(H2,9,10). The quantitative estimate of drug-likeness (QED) is 0.551. The Morgan fingerprint density at radius 1 is 1.40 bits per heavy atom. The largest absolute Gasteiger partial charge is 0.366 e. The molecule has 0 atom stereocenters. The van der Waals surface area contributed by atoms with Gasteiger partial charge < -0.3 is 11.5 Å². The van der Waals surface area contributed by atoms with E-state index in [-0.39, 0.29) is 5.91 Å². The number of rotatable bonds is 3. The lowest BCUT2D eigenvalue weighted by Gasteiger charge is -2.02. The third kappa shape index (κ3) is 2.64. The zero-order valence-corrected chi connectivity index (χ0v) is 6.48. The first kappa shape index (κ1) is 9.17. The lowest BCUT2D eigenvalue weighted by Crippen LogP contribution is -2.17. The van der Waals surface area contributed by atoms with Crippen LogP contribution in [0.3, 0.4) is 0 Å². The average Bonchev–Trinajstić information content (AvgIpc) is 1.81. The van der Waals surface area contributed by atoms with E-state index in [9.17, 15) is 4.79 Å². The van der Waals surface area contributed by atoms with E-state index in [2.05, 4.69) is 0 Å². The molecule has 3 nitrogen and oxygen atoms in total. The van der Waals surface area contributed by atoms with Gasteiger partial charge in [-0.05, 0) is 26.8 Å². The van der Waals surface area contributed by atoms with Gasteiger partial charge in [-0.2, -0.15) is 0 Å². The molecule has 0 heterocycles. The van der Waals surface area contributed by atoms with Crippen LogP contribution in [0.2, 0.25) is 0 Å². The number of hydrogen-bond donors (Lipinski definition) is 2. The van der Waals surface area contributed by atoms with Crippen LogP contribution in [0.5, 0.6) is 0 Å². The predicted molar refractivity (Wildman–Crippen MR) is 41.2 cm³/mol. The van der Waals surface area contributed by atoms with E-state index in [0.717, 1.165) is 5.57 Å². The fourth-order valence-electron chi connectivity index (χ4n) is 0.764. The molecule has 0 aromatic heterocycles. The van der Waals surface area contributed by atoms with E-state index in [4.69, 9.17) is 11.5 Å². The zero-order valence-electron chi connectivity index (χ0n) is 6.48. The number of carbonyl (C=O) groups excluding carboxylic acids is 1. The second-order valence-corrected chi connectivity index (χ2v) is 2.38. The van der Waals surface area contributed by atoms with Crippen LogP contribution >= 0.6 is 0 Å². The van der Waals surface area contributed by atoms with Crippen molar-refractivity contribution in [1.29, 1.82) is 0 Å². The summed E-state index contributed by atoms with van der Waals surface area (Å²) in [7, 11) is 0. The van der Waals surface area contributed by atoms with Gasteiger partial charge >= 0.3 is 0 Å². The van der Waals surface area contributed by atoms with E-state index < -0.39 is 0 Å². The molecule has 0 aliphatic rings. The van der Waals surface area contributed by atoms with Gasteiger partial charge in [0, 0.05) is 5.57 Å². The van der Waals surface area contributed by atoms with Crippen LogP contribution in [0.25, 0.3) is 0 Å². The smallest absolute Gasteiger partial charge is 0.244 e. The maximum absolute atomic E-state index is 10.6. The third-order valence-electron chi connectivity index (χ3n) is 1.30. The SMILES string of the molecule is CC(C)=C(CCN)C(N)=O. The van der Waals surface area contributed by atoms with Gasteiger partial charge in [-0.25, -0.2) is 0 Å². The van der Waals surface area contributed by atoms with Gasteiger partial charge in [0.1, 0.15) is 0 Å². The highest BCUT2D eigenvalue weighted by molar-refractivity contribution is 5.92. The number of primary amides is 1. The fraction of sp³-hybridized carbons (Fsp3) is 0.571. The van der Waals surface area contributed by atoms with Crippen molar-refractivity contribution in [3.05, 3.63) is 11.1 Å². The van der Waals surface area contributed by atoms with Crippen LogP contribution in [0.4, 0.5) is 0 Å². The summed E-state index contributed by atoms with van der Waals surface area (Å²) in [6, 6.07) is 0. The van der Waals surface area contributed by atoms with E-state index in [0.29, 0.717) is 18.5 Å². The Bertz CT molecular complexity index is 157. The summed E-state index contributed by atoms with van der Waals surface area (Å²) in [5.74, 6) is -0.356. The Hall–Kier alpha value is -0.830. The van der Waals surface area contributed by atoms with Gasteiger partial charge in [-0.15, -0.1) is 0 Å². The Labute approximate surface area is 61.1 Å². The second kappa shape index (κ2) is 4.06. The summed E-state index contributed by atoms with van der Waals surface area (Å²) in [5.41, 5.74) is 11.9. The molecule has 0 radical (unpaired) electrons. The Kier molecular flexibility index (Phi) is 3.72. The molecule has 58 valence electrons. The molecule has 0 spiro atoms. The molecule has 4 N–H and O–H groups in total. The highest BCUT2D eigenvalue weighted by Gasteiger charge is 2.04. The summed E-state index contributed by atoms with van der Waals surface area (Å²) in [6.45, 7) is 4.19. The summed E-state index contributed by atoms with van der Waals surface area (Å²) in [6.07, 6.45) is 0.581. The first-order valence-corrected chi connectivity index (χ1v) is 3.25. The van der Waals surface area contributed by atoms with Gasteiger partial charge in [0.25, 0.3) is 0 Å². The van der Waals surface area contributed by atoms with Crippen molar-refractivity contribution in [1.82, 2.24) is 0 Å². The molecule has 1 amide bonds. The van der Waals surface area contributed by atoms with E-state index in [1.165, 1.54) is 0 Å². The van der Waals surface area contributed by atoms with Crippen molar-refractivity contribution < 1.29 is 4.79 Å². The third-order valence-corrected chi connectivity index (χ3v) is 1.30. The number of nitrogens with two attached hydrogens (primary N) is 2. The molecular formula is C7H14N2O. The van der Waals surface area contributed by atoms with Crippen molar-refractivity contribution >= 4 is 5.91 Å². The van der Waals surface area contributed by atoms with Crippen molar-refractivity contribution in [2.75, 3.05) is 6.54 Å². The normalized spacial score (nSPS) is 9.10. The highest BCUT2D eigenvalue weighted by atomic mass is 16.1. The Morgan fingerprint density at radius 3 is 2.00 bits per heavy atom. The molecule has 0 rings (SSSR count). The molecule has 0 fully saturated rings. The van der Waals surface area contributed by atoms with Crippen LogP contribution in [0, 0.1) is 0 Å². The van der Waals surface area contributed by atoms with Crippen LogP contribution in [-0.2, 0) is 4.79 Å². The number of carbonyl (C=O) groups is 1. The molecule has 0 aromatic rings. The van der Waals surface area contributed by atoms with Gasteiger partial charge in [0.2, 0.25) is 5.91 Å². The topological polar surface area (TPSA) is 69.1 Å². The van der Waals surface area contributed by atoms with Crippen LogP contribution in [0.15, 0.2) is 11.1 Å². The van der Waals surface area contributed by atoms with Crippen LogP contribution < -0.4 is 11.5 Å². The van der Waals surface area contributed by atoms with Gasteiger partial charge in [-0.3, -0.25) is 4.79 Å². The molecule has 0 aliphatic carbocycles. The fourth-order valence-corrected chi connectivity index (χ4v) is 0.764. The first-order valence-electron chi connectivity index (χ1n) is 3.25. The van der Waals surface area contributed by atoms with Gasteiger partial charge in [0.05, 0.1) is 0 Å². The molecule has 10 heavy (non-hydrogen) atoms. The predicted octanol–water partition coefficient (Wildman–Crippen LogP) is 0.157. The average molecular weight is 142 g/mol. The van der Waals surface area contributed by atoms with Crippen LogP contribution in [0.1, 0.15) is 20.3 Å².